The predicted molar refractivity (Wildman–Crippen MR) is 65.4 cm³/mol. The van der Waals surface area contributed by atoms with Crippen molar-refractivity contribution in [3.8, 4) is 0 Å². The standard InChI is InChI=1S/C13H25NO2/c1-9(2)6-7-13(5,11(15)16)14-10-8-12(10,3)4/h9-10,14H,6-8H2,1-5H3,(H,15,16). The lowest BCUT2D eigenvalue weighted by Crippen LogP contribution is -2.51. The molecule has 0 bridgehead atoms. The van der Waals surface area contributed by atoms with Crippen LogP contribution in [0.4, 0.5) is 0 Å². The lowest BCUT2D eigenvalue weighted by atomic mass is 9.91. The van der Waals surface area contributed by atoms with Gasteiger partial charge in [-0.3, -0.25) is 10.1 Å². The molecule has 0 saturated heterocycles. The summed E-state index contributed by atoms with van der Waals surface area (Å²) in [5, 5.41) is 12.6. The monoisotopic (exact) mass is 227 g/mol. The highest BCUT2D eigenvalue weighted by Gasteiger charge is 2.50. The normalized spacial score (nSPS) is 26.5. The fourth-order valence-corrected chi connectivity index (χ4v) is 1.92. The Morgan fingerprint density at radius 1 is 1.56 bits per heavy atom. The number of aliphatic carboxylic acids is 1. The molecule has 0 spiro atoms. The van der Waals surface area contributed by atoms with E-state index in [1.807, 2.05) is 6.92 Å². The van der Waals surface area contributed by atoms with Crippen molar-refractivity contribution in [3.05, 3.63) is 0 Å². The number of carboxylic acids is 1. The van der Waals surface area contributed by atoms with Crippen molar-refractivity contribution in [3.63, 3.8) is 0 Å². The van der Waals surface area contributed by atoms with E-state index >= 15 is 0 Å². The Kier molecular flexibility index (Phi) is 3.68. The van der Waals surface area contributed by atoms with Crippen LogP contribution in [0, 0.1) is 11.3 Å². The molecule has 0 aromatic carbocycles. The fraction of sp³-hybridized carbons (Fsp3) is 0.923. The minimum atomic E-state index is -0.761. The summed E-state index contributed by atoms with van der Waals surface area (Å²) in [6.45, 7) is 10.4. The molecule has 0 aromatic heterocycles. The summed E-state index contributed by atoms with van der Waals surface area (Å²) in [5.74, 6) is -0.177. The van der Waals surface area contributed by atoms with Crippen LogP contribution in [0.5, 0.6) is 0 Å². The number of hydrogen-bond acceptors (Lipinski definition) is 2. The Morgan fingerprint density at radius 3 is 2.38 bits per heavy atom. The van der Waals surface area contributed by atoms with Crippen molar-refractivity contribution in [2.75, 3.05) is 0 Å². The van der Waals surface area contributed by atoms with E-state index in [4.69, 9.17) is 0 Å². The Labute approximate surface area is 98.6 Å². The Balaban J connectivity index is 2.55. The van der Waals surface area contributed by atoms with Crippen LogP contribution in [0.1, 0.15) is 53.9 Å². The molecule has 0 aliphatic heterocycles. The minimum Gasteiger partial charge on any atom is -0.480 e. The van der Waals surface area contributed by atoms with Gasteiger partial charge < -0.3 is 5.11 Å². The summed E-state index contributed by atoms with van der Waals surface area (Å²) in [6, 6.07) is 0.362. The van der Waals surface area contributed by atoms with Crippen molar-refractivity contribution in [1.82, 2.24) is 5.32 Å². The second-order valence-corrected chi connectivity index (χ2v) is 6.46. The van der Waals surface area contributed by atoms with Gasteiger partial charge in [-0.1, -0.05) is 27.7 Å². The van der Waals surface area contributed by atoms with Gasteiger partial charge in [-0.05, 0) is 37.5 Å². The van der Waals surface area contributed by atoms with E-state index in [-0.39, 0.29) is 5.41 Å². The van der Waals surface area contributed by atoms with E-state index in [1.54, 1.807) is 0 Å². The zero-order valence-corrected chi connectivity index (χ0v) is 11.1. The molecule has 16 heavy (non-hydrogen) atoms. The van der Waals surface area contributed by atoms with Gasteiger partial charge in [-0.2, -0.15) is 0 Å². The lowest BCUT2D eigenvalue weighted by Gasteiger charge is -2.28. The molecule has 2 unspecified atom stereocenters. The third-order valence-electron chi connectivity index (χ3n) is 3.70. The topological polar surface area (TPSA) is 49.3 Å². The van der Waals surface area contributed by atoms with E-state index < -0.39 is 11.5 Å². The van der Waals surface area contributed by atoms with E-state index in [2.05, 4.69) is 33.0 Å². The van der Waals surface area contributed by atoms with Crippen LogP contribution < -0.4 is 5.32 Å². The molecular formula is C13H25NO2. The molecule has 3 heteroatoms. The first-order chi connectivity index (χ1) is 7.17. The second-order valence-electron chi connectivity index (χ2n) is 6.46. The van der Waals surface area contributed by atoms with Gasteiger partial charge in [0.2, 0.25) is 0 Å². The van der Waals surface area contributed by atoms with Crippen LogP contribution in [0.25, 0.3) is 0 Å². The lowest BCUT2D eigenvalue weighted by molar-refractivity contribution is -0.144. The van der Waals surface area contributed by atoms with Gasteiger partial charge in [0.05, 0.1) is 0 Å². The third-order valence-corrected chi connectivity index (χ3v) is 3.70. The quantitative estimate of drug-likeness (QED) is 0.733. The summed E-state index contributed by atoms with van der Waals surface area (Å²) in [4.78, 5) is 11.3. The highest BCUT2D eigenvalue weighted by atomic mass is 16.4. The van der Waals surface area contributed by atoms with Gasteiger partial charge in [-0.25, -0.2) is 0 Å². The van der Waals surface area contributed by atoms with E-state index in [9.17, 15) is 9.90 Å². The molecule has 1 saturated carbocycles. The number of carboxylic acid groups (broad SMARTS) is 1. The largest absolute Gasteiger partial charge is 0.480 e. The molecule has 2 atom stereocenters. The molecule has 1 rings (SSSR count). The molecule has 0 aromatic rings. The maximum Gasteiger partial charge on any atom is 0.323 e. The second kappa shape index (κ2) is 4.36. The van der Waals surface area contributed by atoms with E-state index in [0.29, 0.717) is 18.4 Å². The van der Waals surface area contributed by atoms with Gasteiger partial charge in [0.1, 0.15) is 5.54 Å². The molecule has 2 N–H and O–H groups in total. The van der Waals surface area contributed by atoms with Gasteiger partial charge >= 0.3 is 5.97 Å². The van der Waals surface area contributed by atoms with Crippen molar-refractivity contribution in [2.24, 2.45) is 11.3 Å². The molecule has 0 heterocycles. The maximum atomic E-state index is 11.3. The number of nitrogens with one attached hydrogen (secondary N) is 1. The highest BCUT2D eigenvalue weighted by Crippen LogP contribution is 2.45. The third kappa shape index (κ3) is 3.21. The molecule has 0 amide bonds. The van der Waals surface area contributed by atoms with Crippen LogP contribution >= 0.6 is 0 Å². The predicted octanol–water partition coefficient (Wildman–Crippen LogP) is 2.65. The van der Waals surface area contributed by atoms with E-state index in [1.165, 1.54) is 0 Å². The smallest absolute Gasteiger partial charge is 0.323 e. The number of rotatable bonds is 6. The summed E-state index contributed by atoms with van der Waals surface area (Å²) in [5.41, 5.74) is -0.489. The van der Waals surface area contributed by atoms with Crippen molar-refractivity contribution in [2.45, 2.75) is 65.5 Å². The maximum absolute atomic E-state index is 11.3. The van der Waals surface area contributed by atoms with E-state index in [0.717, 1.165) is 12.8 Å². The number of carbonyl (C=O) groups is 1. The van der Waals surface area contributed by atoms with Crippen molar-refractivity contribution < 1.29 is 9.90 Å². The van der Waals surface area contributed by atoms with Crippen LogP contribution in [0.2, 0.25) is 0 Å². The van der Waals surface area contributed by atoms with Crippen molar-refractivity contribution in [1.29, 1.82) is 0 Å². The summed E-state index contributed by atoms with van der Waals surface area (Å²) in [6.07, 6.45) is 2.73. The Hall–Kier alpha value is -0.570. The SMILES string of the molecule is CC(C)CCC(C)(NC1CC1(C)C)C(=O)O. The minimum absolute atomic E-state index is 0.272. The molecule has 1 aliphatic carbocycles. The zero-order chi connectivity index (χ0) is 12.6. The van der Waals surface area contributed by atoms with Gasteiger partial charge in [-0.15, -0.1) is 0 Å². The Bertz CT molecular complexity index is 273. The van der Waals surface area contributed by atoms with Gasteiger partial charge in [0, 0.05) is 6.04 Å². The van der Waals surface area contributed by atoms with Gasteiger partial charge in [0.15, 0.2) is 0 Å². The summed E-state index contributed by atoms with van der Waals surface area (Å²) in [7, 11) is 0. The Morgan fingerprint density at radius 2 is 2.06 bits per heavy atom. The zero-order valence-electron chi connectivity index (χ0n) is 11.1. The molecule has 0 radical (unpaired) electrons. The fourth-order valence-electron chi connectivity index (χ4n) is 1.92. The molecular weight excluding hydrogens is 202 g/mol. The van der Waals surface area contributed by atoms with Crippen LogP contribution in [-0.2, 0) is 4.79 Å². The molecule has 3 nitrogen and oxygen atoms in total. The molecule has 1 aliphatic rings. The van der Waals surface area contributed by atoms with Crippen LogP contribution in [-0.4, -0.2) is 22.7 Å². The molecule has 94 valence electrons. The number of hydrogen-bond donors (Lipinski definition) is 2. The first-order valence-electron chi connectivity index (χ1n) is 6.18. The van der Waals surface area contributed by atoms with Crippen molar-refractivity contribution >= 4 is 5.97 Å². The highest BCUT2D eigenvalue weighted by molar-refractivity contribution is 5.78. The average molecular weight is 227 g/mol. The van der Waals surface area contributed by atoms with Gasteiger partial charge in [0.25, 0.3) is 0 Å². The first-order valence-corrected chi connectivity index (χ1v) is 6.18. The summed E-state index contributed by atoms with van der Waals surface area (Å²) < 4.78 is 0. The van der Waals surface area contributed by atoms with Crippen LogP contribution in [0.3, 0.4) is 0 Å². The molecule has 1 fully saturated rings. The first kappa shape index (κ1) is 13.5. The summed E-state index contributed by atoms with van der Waals surface area (Å²) >= 11 is 0. The van der Waals surface area contributed by atoms with Crippen LogP contribution in [0.15, 0.2) is 0 Å². The average Bonchev–Trinajstić information content (AvgIpc) is 2.70.